The molecule has 1 rings (SSSR count). The molecule has 0 spiro atoms. The summed E-state index contributed by atoms with van der Waals surface area (Å²) in [6.07, 6.45) is 0.0140. The molecule has 0 aliphatic carbocycles. The van der Waals surface area contributed by atoms with Gasteiger partial charge in [-0.2, -0.15) is 0 Å². The van der Waals surface area contributed by atoms with Crippen molar-refractivity contribution in [3.8, 4) is 11.5 Å². The standard InChI is InChI=1S/C10H11FO4/c1-15-10-7(11)4-2-6(9(10)14)3-5-8(12)13/h2,4,14H,3,5H2,1H3,(H,12,13). The highest BCUT2D eigenvalue weighted by atomic mass is 19.1. The fourth-order valence-corrected chi connectivity index (χ4v) is 1.22. The van der Waals surface area contributed by atoms with E-state index >= 15 is 0 Å². The third-order valence-corrected chi connectivity index (χ3v) is 1.98. The molecule has 82 valence electrons. The Morgan fingerprint density at radius 3 is 2.73 bits per heavy atom. The van der Waals surface area contributed by atoms with Gasteiger partial charge < -0.3 is 14.9 Å². The smallest absolute Gasteiger partial charge is 0.303 e. The summed E-state index contributed by atoms with van der Waals surface area (Å²) < 4.78 is 17.7. The maximum absolute atomic E-state index is 13.0. The van der Waals surface area contributed by atoms with Crippen molar-refractivity contribution >= 4 is 5.97 Å². The maximum atomic E-state index is 13.0. The minimum atomic E-state index is -0.974. The Bertz CT molecular complexity index is 376. The monoisotopic (exact) mass is 214 g/mol. The third kappa shape index (κ3) is 2.59. The van der Waals surface area contributed by atoms with Crippen LogP contribution < -0.4 is 4.74 Å². The topological polar surface area (TPSA) is 66.8 Å². The molecule has 15 heavy (non-hydrogen) atoms. The third-order valence-electron chi connectivity index (χ3n) is 1.98. The van der Waals surface area contributed by atoms with Gasteiger partial charge in [-0.25, -0.2) is 4.39 Å². The summed E-state index contributed by atoms with van der Waals surface area (Å²) in [6.45, 7) is 0. The van der Waals surface area contributed by atoms with Gasteiger partial charge in [0.15, 0.2) is 17.3 Å². The number of phenolic OH excluding ortho intramolecular Hbond substituents is 1. The van der Waals surface area contributed by atoms with Gasteiger partial charge in [0.25, 0.3) is 0 Å². The highest BCUT2D eigenvalue weighted by molar-refractivity contribution is 5.67. The number of benzene rings is 1. The second-order valence-electron chi connectivity index (χ2n) is 2.98. The lowest BCUT2D eigenvalue weighted by Gasteiger charge is -2.08. The Balaban J connectivity index is 2.94. The minimum absolute atomic E-state index is 0.123. The number of methoxy groups -OCH3 is 1. The quantitative estimate of drug-likeness (QED) is 0.798. The lowest BCUT2D eigenvalue weighted by Crippen LogP contribution is -1.99. The Morgan fingerprint density at radius 2 is 2.20 bits per heavy atom. The van der Waals surface area contributed by atoms with Crippen molar-refractivity contribution in [2.45, 2.75) is 12.8 Å². The van der Waals surface area contributed by atoms with E-state index in [0.29, 0.717) is 5.56 Å². The van der Waals surface area contributed by atoms with Gasteiger partial charge in [0.1, 0.15) is 0 Å². The average molecular weight is 214 g/mol. The molecule has 0 unspecified atom stereocenters. The van der Waals surface area contributed by atoms with Gasteiger partial charge in [-0.3, -0.25) is 4.79 Å². The van der Waals surface area contributed by atoms with Crippen LogP contribution in [-0.2, 0) is 11.2 Å². The summed E-state index contributed by atoms with van der Waals surface area (Å²) in [5, 5.41) is 18.0. The van der Waals surface area contributed by atoms with Gasteiger partial charge in [0.2, 0.25) is 0 Å². The summed E-state index contributed by atoms with van der Waals surface area (Å²) in [5.74, 6) is -2.23. The van der Waals surface area contributed by atoms with E-state index in [1.54, 1.807) is 0 Å². The molecular weight excluding hydrogens is 203 g/mol. The van der Waals surface area contributed by atoms with E-state index in [0.717, 1.165) is 6.07 Å². The second kappa shape index (κ2) is 4.63. The summed E-state index contributed by atoms with van der Waals surface area (Å²) in [4.78, 5) is 10.3. The van der Waals surface area contributed by atoms with Crippen LogP contribution in [0.25, 0.3) is 0 Å². The Labute approximate surface area is 85.9 Å². The zero-order valence-corrected chi connectivity index (χ0v) is 8.16. The predicted octanol–water partition coefficient (Wildman–Crippen LogP) is 1.56. The van der Waals surface area contributed by atoms with Crippen molar-refractivity contribution < 1.29 is 24.1 Å². The predicted molar refractivity (Wildman–Crippen MR) is 50.6 cm³/mol. The SMILES string of the molecule is COc1c(F)ccc(CCC(=O)O)c1O. The van der Waals surface area contributed by atoms with Gasteiger partial charge in [-0.05, 0) is 18.1 Å². The van der Waals surface area contributed by atoms with Crippen molar-refractivity contribution in [1.29, 1.82) is 0 Å². The van der Waals surface area contributed by atoms with Crippen LogP contribution in [-0.4, -0.2) is 23.3 Å². The molecule has 0 saturated heterocycles. The number of carboxylic acid groups (broad SMARTS) is 1. The molecule has 1 aromatic carbocycles. The number of aryl methyl sites for hydroxylation is 1. The highest BCUT2D eigenvalue weighted by Crippen LogP contribution is 2.33. The van der Waals surface area contributed by atoms with Gasteiger partial charge in [0, 0.05) is 6.42 Å². The van der Waals surface area contributed by atoms with E-state index in [1.165, 1.54) is 13.2 Å². The molecule has 4 nitrogen and oxygen atoms in total. The number of phenols is 1. The van der Waals surface area contributed by atoms with Crippen molar-refractivity contribution in [1.82, 2.24) is 0 Å². The van der Waals surface area contributed by atoms with Crippen molar-refractivity contribution in [2.24, 2.45) is 0 Å². The summed E-state index contributed by atoms with van der Waals surface area (Å²) >= 11 is 0. The normalized spacial score (nSPS) is 10.0. The summed E-state index contributed by atoms with van der Waals surface area (Å²) in [5.41, 5.74) is 0.357. The molecule has 2 N–H and O–H groups in total. The number of carbonyl (C=O) groups is 1. The number of aliphatic carboxylic acids is 1. The van der Waals surface area contributed by atoms with Crippen molar-refractivity contribution in [2.75, 3.05) is 7.11 Å². The highest BCUT2D eigenvalue weighted by Gasteiger charge is 2.13. The van der Waals surface area contributed by atoms with E-state index in [2.05, 4.69) is 4.74 Å². The molecule has 0 amide bonds. The Kier molecular flexibility index (Phi) is 3.49. The second-order valence-corrected chi connectivity index (χ2v) is 2.98. The molecule has 0 heterocycles. The minimum Gasteiger partial charge on any atom is -0.504 e. The average Bonchev–Trinajstić information content (AvgIpc) is 2.17. The van der Waals surface area contributed by atoms with Crippen molar-refractivity contribution in [3.05, 3.63) is 23.5 Å². The molecular formula is C10H11FO4. The lowest BCUT2D eigenvalue weighted by atomic mass is 10.1. The van der Waals surface area contributed by atoms with Gasteiger partial charge in [-0.15, -0.1) is 0 Å². The van der Waals surface area contributed by atoms with E-state index < -0.39 is 11.8 Å². The molecule has 0 radical (unpaired) electrons. The Morgan fingerprint density at radius 1 is 1.53 bits per heavy atom. The van der Waals surface area contributed by atoms with E-state index in [4.69, 9.17) is 5.11 Å². The molecule has 0 bridgehead atoms. The molecule has 0 saturated carbocycles. The van der Waals surface area contributed by atoms with Gasteiger partial charge in [-0.1, -0.05) is 6.07 Å². The number of rotatable bonds is 4. The summed E-state index contributed by atoms with van der Waals surface area (Å²) in [7, 11) is 1.24. The zero-order chi connectivity index (χ0) is 11.4. The van der Waals surface area contributed by atoms with Gasteiger partial charge in [0.05, 0.1) is 7.11 Å². The van der Waals surface area contributed by atoms with Crippen LogP contribution in [0.5, 0.6) is 11.5 Å². The van der Waals surface area contributed by atoms with Crippen LogP contribution in [0.15, 0.2) is 12.1 Å². The molecule has 0 aliphatic rings. The number of carboxylic acids is 1. The van der Waals surface area contributed by atoms with Crippen LogP contribution >= 0.6 is 0 Å². The zero-order valence-electron chi connectivity index (χ0n) is 8.16. The first kappa shape index (κ1) is 11.3. The molecule has 5 heteroatoms. The molecule has 1 aromatic rings. The number of hydrogen-bond donors (Lipinski definition) is 2. The maximum Gasteiger partial charge on any atom is 0.303 e. The number of hydrogen-bond acceptors (Lipinski definition) is 3. The fourth-order valence-electron chi connectivity index (χ4n) is 1.22. The van der Waals surface area contributed by atoms with Crippen LogP contribution in [0.3, 0.4) is 0 Å². The fraction of sp³-hybridized carbons (Fsp3) is 0.300. The van der Waals surface area contributed by atoms with Crippen molar-refractivity contribution in [3.63, 3.8) is 0 Å². The van der Waals surface area contributed by atoms with Gasteiger partial charge >= 0.3 is 5.97 Å². The van der Waals surface area contributed by atoms with E-state index in [9.17, 15) is 14.3 Å². The van der Waals surface area contributed by atoms with Crippen LogP contribution in [0.2, 0.25) is 0 Å². The van der Waals surface area contributed by atoms with Crippen LogP contribution in [0, 0.1) is 5.82 Å². The van der Waals surface area contributed by atoms with Crippen LogP contribution in [0.1, 0.15) is 12.0 Å². The van der Waals surface area contributed by atoms with E-state index in [1.807, 2.05) is 0 Å². The molecule has 0 aromatic heterocycles. The van der Waals surface area contributed by atoms with Crippen LogP contribution in [0.4, 0.5) is 4.39 Å². The molecule has 0 fully saturated rings. The first-order valence-electron chi connectivity index (χ1n) is 4.32. The number of halogens is 1. The largest absolute Gasteiger partial charge is 0.504 e. The molecule has 0 aliphatic heterocycles. The number of ether oxygens (including phenoxy) is 1. The molecule has 0 atom stereocenters. The Hall–Kier alpha value is -1.78. The van der Waals surface area contributed by atoms with E-state index in [-0.39, 0.29) is 24.3 Å². The lowest BCUT2D eigenvalue weighted by molar-refractivity contribution is -0.136. The number of aromatic hydroxyl groups is 1. The first-order chi connectivity index (χ1) is 7.06. The first-order valence-corrected chi connectivity index (χ1v) is 4.32. The summed E-state index contributed by atoms with van der Waals surface area (Å²) in [6, 6.07) is 2.48.